The van der Waals surface area contributed by atoms with E-state index in [4.69, 9.17) is 5.73 Å². The van der Waals surface area contributed by atoms with Crippen LogP contribution in [-0.4, -0.2) is 35.4 Å². The van der Waals surface area contributed by atoms with Crippen LogP contribution in [0.2, 0.25) is 0 Å². The van der Waals surface area contributed by atoms with Gasteiger partial charge in [-0.3, -0.25) is 9.59 Å². The topological polar surface area (TPSA) is 100 Å². The molecule has 6 heteroatoms. The fourth-order valence-corrected chi connectivity index (χ4v) is 4.03. The highest BCUT2D eigenvalue weighted by atomic mass is 16.2. The van der Waals surface area contributed by atoms with Crippen LogP contribution in [0.3, 0.4) is 0 Å². The maximum absolute atomic E-state index is 12.7. The smallest absolute Gasteiger partial charge is 0.268 e. The van der Waals surface area contributed by atoms with Gasteiger partial charge in [0.15, 0.2) is 0 Å². The number of hydrogen-bond acceptors (Lipinski definition) is 3. The summed E-state index contributed by atoms with van der Waals surface area (Å²) in [4.78, 5) is 28.2. The van der Waals surface area contributed by atoms with Crippen molar-refractivity contribution in [3.8, 4) is 0 Å². The van der Waals surface area contributed by atoms with Gasteiger partial charge in [-0.2, -0.15) is 0 Å². The second kappa shape index (κ2) is 6.96. The summed E-state index contributed by atoms with van der Waals surface area (Å²) in [5.74, 6) is -0.179. The number of carbonyl (C=O) groups excluding carboxylic acids is 2. The summed E-state index contributed by atoms with van der Waals surface area (Å²) in [5, 5.41) is 6.92. The van der Waals surface area contributed by atoms with Gasteiger partial charge in [-0.25, -0.2) is 0 Å². The molecule has 6 nitrogen and oxygen atoms in total. The number of rotatable bonds is 3. The Balaban J connectivity index is 1.60. The third-order valence-electron chi connectivity index (χ3n) is 5.38. The number of amides is 2. The van der Waals surface area contributed by atoms with Crippen LogP contribution in [-0.2, 0) is 4.79 Å². The van der Waals surface area contributed by atoms with Crippen molar-refractivity contribution < 1.29 is 9.59 Å². The molecule has 1 aromatic carbocycles. The number of benzene rings is 1. The minimum atomic E-state index is -0.142. The van der Waals surface area contributed by atoms with Crippen molar-refractivity contribution in [3.05, 3.63) is 41.6 Å². The summed E-state index contributed by atoms with van der Waals surface area (Å²) >= 11 is 0. The van der Waals surface area contributed by atoms with Crippen LogP contribution in [0.1, 0.15) is 48.2 Å². The van der Waals surface area contributed by atoms with Crippen molar-refractivity contribution >= 4 is 28.3 Å². The molecular formula is C20H24N4O2. The lowest BCUT2D eigenvalue weighted by Crippen LogP contribution is -2.49. The largest absolute Gasteiger partial charge is 0.352 e. The average Bonchev–Trinajstić information content (AvgIpc) is 2.95. The monoisotopic (exact) mass is 352 g/mol. The van der Waals surface area contributed by atoms with Crippen molar-refractivity contribution in [1.29, 1.82) is 0 Å². The van der Waals surface area contributed by atoms with E-state index in [0.29, 0.717) is 12.2 Å². The summed E-state index contributed by atoms with van der Waals surface area (Å²) < 4.78 is 0. The van der Waals surface area contributed by atoms with Crippen LogP contribution >= 0.6 is 0 Å². The molecule has 1 saturated carbocycles. The maximum atomic E-state index is 12.7. The third kappa shape index (κ3) is 3.12. The van der Waals surface area contributed by atoms with Gasteiger partial charge >= 0.3 is 0 Å². The average molecular weight is 352 g/mol. The fraction of sp³-hybridized carbons (Fsp3) is 0.400. The SMILES string of the molecule is N[C@@H]1CCCC[C@H]1NC(=O)CC1=CCNC(=O)c2[nH]c3ccccc3c21. The zero-order chi connectivity index (χ0) is 18.1. The number of aromatic nitrogens is 1. The Kier molecular flexibility index (Phi) is 4.51. The van der Waals surface area contributed by atoms with Crippen molar-refractivity contribution in [2.24, 2.45) is 5.73 Å². The molecule has 2 aliphatic rings. The van der Waals surface area contributed by atoms with Crippen LogP contribution in [0, 0.1) is 0 Å². The summed E-state index contributed by atoms with van der Waals surface area (Å²) in [6.07, 6.45) is 6.30. The van der Waals surface area contributed by atoms with E-state index in [2.05, 4.69) is 15.6 Å². The number of carbonyl (C=O) groups is 2. The molecule has 1 fully saturated rings. The van der Waals surface area contributed by atoms with E-state index in [-0.39, 0.29) is 30.3 Å². The van der Waals surface area contributed by atoms with Crippen molar-refractivity contribution in [1.82, 2.24) is 15.6 Å². The van der Waals surface area contributed by atoms with E-state index < -0.39 is 0 Å². The van der Waals surface area contributed by atoms with Crippen LogP contribution < -0.4 is 16.4 Å². The molecule has 1 aliphatic carbocycles. The zero-order valence-electron chi connectivity index (χ0n) is 14.7. The summed E-state index contributed by atoms with van der Waals surface area (Å²) in [6.45, 7) is 0.418. The Hall–Kier alpha value is -2.60. The lowest BCUT2D eigenvalue weighted by atomic mass is 9.90. The molecule has 4 rings (SSSR count). The van der Waals surface area contributed by atoms with Crippen LogP contribution in [0.25, 0.3) is 16.5 Å². The molecule has 26 heavy (non-hydrogen) atoms. The first-order valence-electron chi connectivity index (χ1n) is 9.27. The zero-order valence-corrected chi connectivity index (χ0v) is 14.7. The number of fused-ring (bicyclic) bond motifs is 3. The predicted molar refractivity (Wildman–Crippen MR) is 102 cm³/mol. The number of aromatic amines is 1. The number of H-pyrrole nitrogens is 1. The first-order valence-corrected chi connectivity index (χ1v) is 9.27. The molecule has 0 spiro atoms. The Bertz CT molecular complexity index is 883. The lowest BCUT2D eigenvalue weighted by Gasteiger charge is -2.29. The highest BCUT2D eigenvalue weighted by Crippen LogP contribution is 2.32. The number of nitrogens with two attached hydrogens (primary N) is 1. The van der Waals surface area contributed by atoms with Gasteiger partial charge in [0.05, 0.1) is 6.42 Å². The molecule has 2 atom stereocenters. The van der Waals surface area contributed by atoms with E-state index in [1.54, 1.807) is 0 Å². The van der Waals surface area contributed by atoms with Gasteiger partial charge in [-0.1, -0.05) is 37.1 Å². The molecule has 0 saturated heterocycles. The summed E-state index contributed by atoms with van der Waals surface area (Å²) in [5.41, 5.74) is 9.28. The number of hydrogen-bond donors (Lipinski definition) is 4. The highest BCUT2D eigenvalue weighted by Gasteiger charge is 2.26. The minimum absolute atomic E-state index is 0.0303. The first-order chi connectivity index (χ1) is 12.6. The highest BCUT2D eigenvalue weighted by molar-refractivity contribution is 6.09. The quantitative estimate of drug-likeness (QED) is 0.680. The van der Waals surface area contributed by atoms with Gasteiger partial charge in [0.2, 0.25) is 5.91 Å². The van der Waals surface area contributed by atoms with Gasteiger partial charge in [0.25, 0.3) is 5.91 Å². The van der Waals surface area contributed by atoms with Crippen LogP contribution in [0.15, 0.2) is 30.3 Å². The van der Waals surface area contributed by atoms with E-state index in [1.807, 2.05) is 30.3 Å². The van der Waals surface area contributed by atoms with Gasteiger partial charge in [-0.05, 0) is 24.5 Å². The van der Waals surface area contributed by atoms with E-state index >= 15 is 0 Å². The molecule has 5 N–H and O–H groups in total. The summed E-state index contributed by atoms with van der Waals surface area (Å²) in [7, 11) is 0. The Labute approximate surface area is 152 Å². The minimum Gasteiger partial charge on any atom is -0.352 e. The second-order valence-corrected chi connectivity index (χ2v) is 7.16. The first kappa shape index (κ1) is 16.8. The van der Waals surface area contributed by atoms with Crippen LogP contribution in [0.5, 0.6) is 0 Å². The Morgan fingerprint density at radius 2 is 2.04 bits per heavy atom. The molecule has 2 heterocycles. The normalized spacial score (nSPS) is 23.0. The molecule has 0 radical (unpaired) electrons. The van der Waals surface area contributed by atoms with Crippen molar-refractivity contribution in [3.63, 3.8) is 0 Å². The lowest BCUT2D eigenvalue weighted by molar-refractivity contribution is -0.121. The molecule has 136 valence electrons. The molecular weight excluding hydrogens is 328 g/mol. The number of para-hydroxylation sites is 1. The fourth-order valence-electron chi connectivity index (χ4n) is 4.03. The molecule has 0 unspecified atom stereocenters. The Morgan fingerprint density at radius 1 is 1.23 bits per heavy atom. The van der Waals surface area contributed by atoms with Crippen LogP contribution in [0.4, 0.5) is 0 Å². The van der Waals surface area contributed by atoms with E-state index in [9.17, 15) is 9.59 Å². The third-order valence-corrected chi connectivity index (χ3v) is 5.38. The van der Waals surface area contributed by atoms with Crippen molar-refractivity contribution in [2.45, 2.75) is 44.2 Å². The Morgan fingerprint density at radius 3 is 2.88 bits per heavy atom. The molecule has 0 bridgehead atoms. The van der Waals surface area contributed by atoms with E-state index in [1.165, 1.54) is 0 Å². The predicted octanol–water partition coefficient (Wildman–Crippen LogP) is 2.07. The number of nitrogens with one attached hydrogen (secondary N) is 3. The van der Waals surface area contributed by atoms with Gasteiger partial charge in [0.1, 0.15) is 5.69 Å². The second-order valence-electron chi connectivity index (χ2n) is 7.16. The summed E-state index contributed by atoms with van der Waals surface area (Å²) in [6, 6.07) is 7.86. The molecule has 2 amide bonds. The maximum Gasteiger partial charge on any atom is 0.268 e. The van der Waals surface area contributed by atoms with E-state index in [0.717, 1.165) is 47.7 Å². The molecule has 1 aliphatic heterocycles. The molecule has 1 aromatic heterocycles. The van der Waals surface area contributed by atoms with Gasteiger partial charge in [-0.15, -0.1) is 0 Å². The molecule has 2 aromatic rings. The van der Waals surface area contributed by atoms with Crippen molar-refractivity contribution in [2.75, 3.05) is 6.54 Å². The standard InChI is InChI=1S/C20H24N4O2/c21-14-6-2-4-8-16(14)23-17(25)11-12-9-10-22-20(26)19-18(12)13-5-1-3-7-15(13)24-19/h1,3,5,7,9,14,16,24H,2,4,6,8,10-11,21H2,(H,22,26)(H,23,25)/t14-,16-/m1/s1. The van der Waals surface area contributed by atoms with Gasteiger partial charge < -0.3 is 21.4 Å². The van der Waals surface area contributed by atoms with Gasteiger partial charge in [0, 0.05) is 35.1 Å².